The van der Waals surface area contributed by atoms with Crippen LogP contribution in [0.25, 0.3) is 0 Å². The third-order valence-corrected chi connectivity index (χ3v) is 2.70. The number of carbonyl (C=O) groups is 3. The van der Waals surface area contributed by atoms with E-state index < -0.39 is 23.0 Å². The molecule has 0 spiro atoms. The van der Waals surface area contributed by atoms with Crippen LogP contribution in [0.5, 0.6) is 0 Å². The Morgan fingerprint density at radius 1 is 1.58 bits per heavy atom. The van der Waals surface area contributed by atoms with E-state index in [2.05, 4.69) is 5.10 Å². The molecule has 9 heteroatoms. The van der Waals surface area contributed by atoms with E-state index >= 15 is 0 Å². The van der Waals surface area contributed by atoms with Gasteiger partial charge in [0.05, 0.1) is 29.9 Å². The molecule has 0 aromatic heterocycles. The number of hydrazone groups is 1. The number of Topliss-reactive ketones (excluding diaryl/α,β-unsaturated/α-hetero) is 1. The fraction of sp³-hybridized carbons (Fsp3) is 0.500. The number of ketones is 1. The van der Waals surface area contributed by atoms with Gasteiger partial charge < -0.3 is 10.5 Å². The van der Waals surface area contributed by atoms with Crippen molar-refractivity contribution in [1.29, 1.82) is 5.26 Å². The number of hydrogen-bond acceptors (Lipinski definition) is 7. The number of amides is 2. The average molecular weight is 286 g/mol. The molecule has 19 heavy (non-hydrogen) atoms. The Hall–Kier alpha value is -2.08. The second-order valence-electron chi connectivity index (χ2n) is 3.14. The van der Waals surface area contributed by atoms with Crippen molar-refractivity contribution >= 4 is 35.8 Å². The van der Waals surface area contributed by atoms with Gasteiger partial charge in [0.15, 0.2) is 5.78 Å². The topological polar surface area (TPSA) is 135 Å². The van der Waals surface area contributed by atoms with Crippen LogP contribution < -0.4 is 11.2 Å². The van der Waals surface area contributed by atoms with Gasteiger partial charge in [-0.3, -0.25) is 9.59 Å². The summed E-state index contributed by atoms with van der Waals surface area (Å²) in [6.07, 6.45) is 0.741. The van der Waals surface area contributed by atoms with Crippen LogP contribution in [0.4, 0.5) is 4.79 Å². The molecule has 0 saturated heterocycles. The smallest absolute Gasteiger partial charge is 0.332 e. The normalized spacial score (nSPS) is 11.6. The van der Waals surface area contributed by atoms with E-state index in [4.69, 9.17) is 15.7 Å². The van der Waals surface area contributed by atoms with E-state index in [1.807, 2.05) is 11.5 Å². The van der Waals surface area contributed by atoms with E-state index in [-0.39, 0.29) is 18.8 Å². The van der Waals surface area contributed by atoms with E-state index in [1.165, 1.54) is 0 Å². The first-order valence-electron chi connectivity index (χ1n) is 5.27. The van der Waals surface area contributed by atoms with Gasteiger partial charge in [-0.1, -0.05) is 0 Å². The van der Waals surface area contributed by atoms with E-state index in [0.29, 0.717) is 0 Å². The molecule has 104 valence electrons. The number of hydrogen-bond donors (Lipinski definition) is 2. The van der Waals surface area contributed by atoms with Gasteiger partial charge in [-0.2, -0.15) is 10.4 Å². The van der Waals surface area contributed by atoms with Gasteiger partial charge in [0.2, 0.25) is 0 Å². The zero-order valence-corrected chi connectivity index (χ0v) is 11.1. The molecule has 8 nitrogen and oxygen atoms in total. The fourth-order valence-electron chi connectivity index (χ4n) is 0.916. The predicted molar refractivity (Wildman–Crippen MR) is 69.3 cm³/mol. The Morgan fingerprint density at radius 3 is 2.79 bits per heavy atom. The van der Waals surface area contributed by atoms with Gasteiger partial charge in [0.1, 0.15) is 0 Å². The largest absolute Gasteiger partial charge is 0.465 e. The summed E-state index contributed by atoms with van der Waals surface area (Å²) in [7, 11) is 0. The minimum absolute atomic E-state index is 0.00394. The molecule has 0 radical (unpaired) electrons. The number of nitrogens with zero attached hydrogens (tertiary/aromatic N) is 2. The first kappa shape index (κ1) is 16.9. The van der Waals surface area contributed by atoms with Crippen molar-refractivity contribution in [2.24, 2.45) is 10.8 Å². The SMILES string of the molecule is CCOC(=O)CSC(C#N)CC(=O)/C=N/NC(N)=O. The maximum Gasteiger partial charge on any atom is 0.332 e. The highest BCUT2D eigenvalue weighted by molar-refractivity contribution is 8.00. The standard InChI is InChI=1S/C10H14N4O4S/c1-2-18-9(16)6-19-8(4-11)3-7(15)5-13-14-10(12)17/h5,8H,2-3,6H2,1H3,(H3,12,14,17)/b13-5+. The summed E-state index contributed by atoms with van der Waals surface area (Å²) >= 11 is 1.01. The molecule has 0 rings (SSSR count). The van der Waals surface area contributed by atoms with Gasteiger partial charge in [-0.05, 0) is 6.92 Å². The Kier molecular flexibility index (Phi) is 8.82. The number of nitriles is 1. The summed E-state index contributed by atoms with van der Waals surface area (Å²) in [6, 6.07) is 0.999. The number of carbonyl (C=O) groups excluding carboxylic acids is 3. The van der Waals surface area contributed by atoms with Crippen molar-refractivity contribution in [3.05, 3.63) is 0 Å². The lowest BCUT2D eigenvalue weighted by Gasteiger charge is -2.05. The molecule has 0 bridgehead atoms. The summed E-state index contributed by atoms with van der Waals surface area (Å²) in [6.45, 7) is 1.94. The minimum Gasteiger partial charge on any atom is -0.465 e. The molecule has 0 aliphatic carbocycles. The summed E-state index contributed by atoms with van der Waals surface area (Å²) in [4.78, 5) is 32.7. The number of rotatable bonds is 8. The van der Waals surface area contributed by atoms with Crippen LogP contribution in [-0.2, 0) is 14.3 Å². The lowest BCUT2D eigenvalue weighted by molar-refractivity contribution is -0.139. The Morgan fingerprint density at radius 2 is 2.26 bits per heavy atom. The lowest BCUT2D eigenvalue weighted by atomic mass is 10.2. The van der Waals surface area contributed by atoms with Crippen molar-refractivity contribution in [2.45, 2.75) is 18.6 Å². The molecule has 0 aliphatic heterocycles. The summed E-state index contributed by atoms with van der Waals surface area (Å²) in [5.74, 6) is -0.906. The molecule has 1 unspecified atom stereocenters. The van der Waals surface area contributed by atoms with Crippen molar-refractivity contribution in [3.63, 3.8) is 0 Å². The summed E-state index contributed by atoms with van der Waals surface area (Å²) in [5, 5.41) is 11.4. The molecule has 0 aliphatic rings. The maximum atomic E-state index is 11.3. The number of primary amides is 1. The monoisotopic (exact) mass is 286 g/mol. The van der Waals surface area contributed by atoms with Crippen LogP contribution in [0, 0.1) is 11.3 Å². The molecule has 3 N–H and O–H groups in total. The van der Waals surface area contributed by atoms with E-state index in [9.17, 15) is 14.4 Å². The maximum absolute atomic E-state index is 11.3. The highest BCUT2D eigenvalue weighted by Gasteiger charge is 2.15. The molecule has 2 amide bonds. The van der Waals surface area contributed by atoms with Crippen molar-refractivity contribution < 1.29 is 19.1 Å². The Labute approximate surface area is 114 Å². The highest BCUT2D eigenvalue weighted by atomic mass is 32.2. The molecule has 0 saturated carbocycles. The minimum atomic E-state index is -0.891. The van der Waals surface area contributed by atoms with Crippen molar-refractivity contribution in [3.8, 4) is 6.07 Å². The number of thioether (sulfide) groups is 1. The van der Waals surface area contributed by atoms with Gasteiger partial charge in [-0.15, -0.1) is 11.8 Å². The van der Waals surface area contributed by atoms with Crippen LogP contribution in [0.2, 0.25) is 0 Å². The third kappa shape index (κ3) is 9.61. The second kappa shape index (κ2) is 9.90. The van der Waals surface area contributed by atoms with Gasteiger partial charge in [0.25, 0.3) is 0 Å². The summed E-state index contributed by atoms with van der Waals surface area (Å²) in [5.41, 5.74) is 6.59. The first-order chi connectivity index (χ1) is 8.99. The van der Waals surface area contributed by atoms with Crippen LogP contribution in [0.15, 0.2) is 5.10 Å². The lowest BCUT2D eigenvalue weighted by Crippen LogP contribution is -2.25. The third-order valence-electron chi connectivity index (χ3n) is 1.62. The summed E-state index contributed by atoms with van der Waals surface area (Å²) < 4.78 is 4.69. The number of nitrogens with two attached hydrogens (primary N) is 1. The van der Waals surface area contributed by atoms with Crippen LogP contribution in [0.1, 0.15) is 13.3 Å². The Bertz CT molecular complexity index is 405. The first-order valence-corrected chi connectivity index (χ1v) is 6.32. The highest BCUT2D eigenvalue weighted by Crippen LogP contribution is 2.14. The van der Waals surface area contributed by atoms with Gasteiger partial charge in [0, 0.05) is 6.42 Å². The molecule has 0 aromatic rings. The number of esters is 1. The molecule has 0 heterocycles. The van der Waals surface area contributed by atoms with Crippen molar-refractivity contribution in [1.82, 2.24) is 5.43 Å². The number of ether oxygens (including phenoxy) is 1. The molecular formula is C10H14N4O4S. The second-order valence-corrected chi connectivity index (χ2v) is 4.33. The zero-order valence-electron chi connectivity index (χ0n) is 10.3. The predicted octanol–water partition coefficient (Wildman–Crippen LogP) is -0.212. The zero-order chi connectivity index (χ0) is 14.7. The quantitative estimate of drug-likeness (QED) is 0.360. The van der Waals surface area contributed by atoms with Crippen LogP contribution in [-0.4, -0.2) is 41.6 Å². The number of nitrogens with one attached hydrogen (secondary N) is 1. The van der Waals surface area contributed by atoms with Crippen LogP contribution >= 0.6 is 11.8 Å². The van der Waals surface area contributed by atoms with Gasteiger partial charge >= 0.3 is 12.0 Å². The average Bonchev–Trinajstić information content (AvgIpc) is 2.34. The molecule has 0 aromatic carbocycles. The molecule has 1 atom stereocenters. The van der Waals surface area contributed by atoms with Crippen molar-refractivity contribution in [2.75, 3.05) is 12.4 Å². The van der Waals surface area contributed by atoms with Crippen LogP contribution in [0.3, 0.4) is 0 Å². The molecular weight excluding hydrogens is 272 g/mol. The number of urea groups is 1. The molecule has 0 fully saturated rings. The van der Waals surface area contributed by atoms with Gasteiger partial charge in [-0.25, -0.2) is 10.2 Å². The fourth-order valence-corrected chi connectivity index (χ4v) is 1.69. The van der Waals surface area contributed by atoms with E-state index in [0.717, 1.165) is 18.0 Å². The Balaban J connectivity index is 4.08. The van der Waals surface area contributed by atoms with E-state index in [1.54, 1.807) is 6.92 Å².